The van der Waals surface area contributed by atoms with Crippen molar-refractivity contribution in [1.82, 2.24) is 0 Å². The normalized spacial score (nSPS) is 16.1. The van der Waals surface area contributed by atoms with E-state index in [1.807, 2.05) is 6.92 Å². The van der Waals surface area contributed by atoms with Crippen LogP contribution in [0.2, 0.25) is 0 Å². The Balaban J connectivity index is 2.77. The van der Waals surface area contributed by atoms with E-state index in [1.165, 1.54) is 16.0 Å². The molecule has 0 spiro atoms. The van der Waals surface area contributed by atoms with Gasteiger partial charge in [0.1, 0.15) is 0 Å². The van der Waals surface area contributed by atoms with E-state index in [2.05, 4.69) is 42.5 Å². The van der Waals surface area contributed by atoms with Crippen LogP contribution in [-0.4, -0.2) is 0 Å². The van der Waals surface area contributed by atoms with E-state index in [9.17, 15) is 0 Å². The highest BCUT2D eigenvalue weighted by Crippen LogP contribution is 2.02. The van der Waals surface area contributed by atoms with Crippen molar-refractivity contribution in [2.75, 3.05) is 0 Å². The van der Waals surface area contributed by atoms with Gasteiger partial charge in [0.15, 0.2) is 0 Å². The van der Waals surface area contributed by atoms with Crippen molar-refractivity contribution in [1.29, 1.82) is 0 Å². The molecule has 0 radical (unpaired) electrons. The fourth-order valence-electron chi connectivity index (χ4n) is 1.81. The Bertz CT molecular complexity index is 466. The molecule has 1 heteroatoms. The number of benzene rings is 1. The van der Waals surface area contributed by atoms with Crippen LogP contribution in [0.5, 0.6) is 0 Å². The maximum Gasteiger partial charge on any atom is 0.0272 e. The highest BCUT2D eigenvalue weighted by Gasteiger charge is 2.01. The lowest BCUT2D eigenvalue weighted by Crippen LogP contribution is -2.30. The molecule has 1 aliphatic carbocycles. The zero-order chi connectivity index (χ0) is 9.97. The number of hydrogen-bond acceptors (Lipinski definition) is 1. The van der Waals surface area contributed by atoms with Gasteiger partial charge in [0.05, 0.1) is 0 Å². The Hall–Kier alpha value is -1.34. The van der Waals surface area contributed by atoms with Gasteiger partial charge in [-0.15, -0.1) is 0 Å². The van der Waals surface area contributed by atoms with Crippen LogP contribution in [0.25, 0.3) is 12.2 Å². The third-order valence-electron chi connectivity index (χ3n) is 2.54. The molecular weight excluding hydrogens is 170 g/mol. The monoisotopic (exact) mass is 185 g/mol. The quantitative estimate of drug-likeness (QED) is 0.699. The third kappa shape index (κ3) is 1.64. The fraction of sp³-hybridized carbons (Fsp3) is 0.231. The average Bonchev–Trinajstić information content (AvgIpc) is 2.41. The fourth-order valence-corrected chi connectivity index (χ4v) is 1.81. The maximum atomic E-state index is 5.93. The summed E-state index contributed by atoms with van der Waals surface area (Å²) in [5, 5.41) is 2.57. The van der Waals surface area contributed by atoms with Crippen molar-refractivity contribution in [2.24, 2.45) is 5.73 Å². The van der Waals surface area contributed by atoms with Crippen molar-refractivity contribution in [3.63, 3.8) is 0 Å². The lowest BCUT2D eigenvalue weighted by molar-refractivity contribution is 0.810. The number of nitrogens with two attached hydrogens (primary N) is 1. The topological polar surface area (TPSA) is 26.0 Å². The highest BCUT2D eigenvalue weighted by atomic mass is 14.6. The third-order valence-corrected chi connectivity index (χ3v) is 2.54. The molecule has 1 aromatic rings. The van der Waals surface area contributed by atoms with Gasteiger partial charge >= 0.3 is 0 Å². The number of fused-ring (bicyclic) bond motifs is 1. The molecule has 0 heterocycles. The first-order chi connectivity index (χ1) is 6.79. The van der Waals surface area contributed by atoms with Gasteiger partial charge in [0.25, 0.3) is 0 Å². The van der Waals surface area contributed by atoms with Gasteiger partial charge in [0, 0.05) is 6.04 Å². The van der Waals surface area contributed by atoms with Crippen LogP contribution in [0.1, 0.15) is 24.9 Å². The maximum absolute atomic E-state index is 5.93. The van der Waals surface area contributed by atoms with Crippen molar-refractivity contribution in [3.8, 4) is 0 Å². The molecule has 2 rings (SSSR count). The Kier molecular flexibility index (Phi) is 2.51. The number of allylic oxidation sites excluding steroid dienone is 2. The van der Waals surface area contributed by atoms with Gasteiger partial charge in [-0.3, -0.25) is 0 Å². The Morgan fingerprint density at radius 3 is 3.00 bits per heavy atom. The van der Waals surface area contributed by atoms with Gasteiger partial charge in [-0.05, 0) is 29.3 Å². The summed E-state index contributed by atoms with van der Waals surface area (Å²) < 4.78 is 0. The van der Waals surface area contributed by atoms with Gasteiger partial charge in [0.2, 0.25) is 0 Å². The standard InChI is InChI=1S/C13H15N/c1-10(14)12-9-5-7-11-6-3-2-4-8-13(11)12/h2,4-10H,3,14H2,1H3/t10-/m1/s1. The van der Waals surface area contributed by atoms with E-state index >= 15 is 0 Å². The van der Waals surface area contributed by atoms with Gasteiger partial charge in [-0.25, -0.2) is 0 Å². The predicted molar refractivity (Wildman–Crippen MR) is 61.0 cm³/mol. The first-order valence-electron chi connectivity index (χ1n) is 5.00. The van der Waals surface area contributed by atoms with Gasteiger partial charge in [-0.1, -0.05) is 42.5 Å². The van der Waals surface area contributed by atoms with Crippen LogP contribution < -0.4 is 16.2 Å². The molecule has 2 N–H and O–H groups in total. The molecular formula is C13H15N. The summed E-state index contributed by atoms with van der Waals surface area (Å²) in [4.78, 5) is 0. The molecule has 0 saturated heterocycles. The van der Waals surface area contributed by atoms with Crippen molar-refractivity contribution in [3.05, 3.63) is 46.4 Å². The summed E-state index contributed by atoms with van der Waals surface area (Å²) in [7, 11) is 0. The summed E-state index contributed by atoms with van der Waals surface area (Å²) in [5.41, 5.74) is 7.16. The zero-order valence-corrected chi connectivity index (χ0v) is 8.40. The van der Waals surface area contributed by atoms with E-state index in [-0.39, 0.29) is 6.04 Å². The summed E-state index contributed by atoms with van der Waals surface area (Å²) >= 11 is 0. The zero-order valence-electron chi connectivity index (χ0n) is 8.40. The summed E-state index contributed by atoms with van der Waals surface area (Å²) in [6.07, 6.45) is 9.66. The summed E-state index contributed by atoms with van der Waals surface area (Å²) in [5.74, 6) is 0. The highest BCUT2D eigenvalue weighted by molar-refractivity contribution is 5.47. The molecule has 0 amide bonds. The molecule has 0 bridgehead atoms. The second-order valence-electron chi connectivity index (χ2n) is 3.67. The van der Waals surface area contributed by atoms with E-state index in [0.717, 1.165) is 6.42 Å². The van der Waals surface area contributed by atoms with E-state index in [4.69, 9.17) is 5.73 Å². The minimum atomic E-state index is 0.0982. The van der Waals surface area contributed by atoms with Crippen LogP contribution >= 0.6 is 0 Å². The minimum Gasteiger partial charge on any atom is -0.324 e. The van der Waals surface area contributed by atoms with Gasteiger partial charge in [-0.2, -0.15) is 0 Å². The summed E-state index contributed by atoms with van der Waals surface area (Å²) in [6.45, 7) is 2.03. The van der Waals surface area contributed by atoms with Crippen LogP contribution in [0, 0.1) is 0 Å². The van der Waals surface area contributed by atoms with Crippen LogP contribution in [0.15, 0.2) is 30.4 Å². The SMILES string of the molecule is C[C@@H](N)c1cccc2c1=CC=CCC=2. The molecule has 0 aliphatic heterocycles. The molecule has 72 valence electrons. The van der Waals surface area contributed by atoms with Gasteiger partial charge < -0.3 is 5.73 Å². The Morgan fingerprint density at radius 2 is 2.21 bits per heavy atom. The molecule has 0 fully saturated rings. The number of hydrogen-bond donors (Lipinski definition) is 1. The molecule has 1 nitrogen and oxygen atoms in total. The average molecular weight is 185 g/mol. The van der Waals surface area contributed by atoms with E-state index in [0.29, 0.717) is 0 Å². The Morgan fingerprint density at radius 1 is 1.36 bits per heavy atom. The predicted octanol–water partition coefficient (Wildman–Crippen LogP) is 1.23. The molecule has 1 aromatic carbocycles. The molecule has 14 heavy (non-hydrogen) atoms. The van der Waals surface area contributed by atoms with E-state index in [1.54, 1.807) is 0 Å². The Labute approximate surface area is 84.3 Å². The van der Waals surface area contributed by atoms with Crippen LogP contribution in [-0.2, 0) is 0 Å². The second-order valence-corrected chi connectivity index (χ2v) is 3.67. The van der Waals surface area contributed by atoms with Crippen molar-refractivity contribution in [2.45, 2.75) is 19.4 Å². The molecule has 1 aliphatic rings. The minimum absolute atomic E-state index is 0.0982. The smallest absolute Gasteiger partial charge is 0.0272 e. The van der Waals surface area contributed by atoms with Crippen LogP contribution in [0.4, 0.5) is 0 Å². The lowest BCUT2D eigenvalue weighted by Gasteiger charge is -2.06. The van der Waals surface area contributed by atoms with Crippen LogP contribution in [0.3, 0.4) is 0 Å². The van der Waals surface area contributed by atoms with E-state index < -0.39 is 0 Å². The lowest BCUT2D eigenvalue weighted by atomic mass is 10.0. The molecule has 1 atom stereocenters. The summed E-state index contributed by atoms with van der Waals surface area (Å²) in [6, 6.07) is 6.42. The molecule has 0 aromatic heterocycles. The first kappa shape index (κ1) is 9.22. The largest absolute Gasteiger partial charge is 0.324 e. The second kappa shape index (κ2) is 3.81. The molecule has 0 saturated carbocycles. The first-order valence-corrected chi connectivity index (χ1v) is 5.00. The van der Waals surface area contributed by atoms with Crippen molar-refractivity contribution >= 4 is 12.2 Å². The van der Waals surface area contributed by atoms with Crippen molar-refractivity contribution < 1.29 is 0 Å². The number of rotatable bonds is 1. The molecule has 0 unspecified atom stereocenters.